The fraction of sp³-hybridized carbons (Fsp3) is 0.533. The van der Waals surface area contributed by atoms with Gasteiger partial charge in [-0.1, -0.05) is 12.1 Å². The van der Waals surface area contributed by atoms with Crippen LogP contribution in [0.4, 0.5) is 0 Å². The van der Waals surface area contributed by atoms with Crippen LogP contribution in [0.5, 0.6) is 0 Å². The first-order chi connectivity index (χ1) is 8.77. The van der Waals surface area contributed by atoms with Crippen LogP contribution in [0.25, 0.3) is 0 Å². The third kappa shape index (κ3) is 3.12. The summed E-state index contributed by atoms with van der Waals surface area (Å²) in [5.74, 6) is -0.394. The molecule has 0 saturated carbocycles. The zero-order valence-corrected chi connectivity index (χ0v) is 13.0. The number of carbonyl (C=O) groups is 1. The number of rotatable bonds is 5. The highest BCUT2D eigenvalue weighted by atomic mass is 32.2. The lowest BCUT2D eigenvalue weighted by molar-refractivity contribution is -0.170. The van der Waals surface area contributed by atoms with Gasteiger partial charge in [0.05, 0.1) is 12.0 Å². The van der Waals surface area contributed by atoms with Crippen LogP contribution in [-0.4, -0.2) is 23.9 Å². The first-order valence-electron chi connectivity index (χ1n) is 6.31. The monoisotopic (exact) mass is 282 g/mol. The first kappa shape index (κ1) is 16.1. The third-order valence-electron chi connectivity index (χ3n) is 3.65. The molecule has 0 heterocycles. The van der Waals surface area contributed by atoms with E-state index >= 15 is 0 Å². The molecule has 0 aromatic heterocycles. The molecule has 0 bridgehead atoms. The van der Waals surface area contributed by atoms with Crippen LogP contribution in [0, 0.1) is 5.41 Å². The van der Waals surface area contributed by atoms with Gasteiger partial charge in [-0.05, 0) is 51.6 Å². The molecular weight excluding hydrogens is 260 g/mol. The van der Waals surface area contributed by atoms with E-state index in [-0.39, 0.29) is 0 Å². The van der Waals surface area contributed by atoms with Gasteiger partial charge >= 0.3 is 5.97 Å². The summed E-state index contributed by atoms with van der Waals surface area (Å²) in [4.78, 5) is 13.1. The van der Waals surface area contributed by atoms with Crippen LogP contribution < -0.4 is 0 Å². The van der Waals surface area contributed by atoms with E-state index in [9.17, 15) is 9.90 Å². The summed E-state index contributed by atoms with van der Waals surface area (Å²) in [6.45, 7) is 7.12. The van der Waals surface area contributed by atoms with Gasteiger partial charge in [-0.2, -0.15) is 0 Å². The number of hydrogen-bond donors (Lipinski definition) is 1. The van der Waals surface area contributed by atoms with E-state index in [1.165, 1.54) is 0 Å². The fourth-order valence-electron chi connectivity index (χ4n) is 1.79. The standard InChI is InChI=1S/C15H22O3S/c1-6-18-13(16)14(2,3)15(4,17)11-7-9-12(19-5)10-8-11/h7-10,17H,6H2,1-5H3. The minimum Gasteiger partial charge on any atom is -0.465 e. The summed E-state index contributed by atoms with van der Waals surface area (Å²) in [6, 6.07) is 7.59. The highest BCUT2D eigenvalue weighted by Crippen LogP contribution is 2.40. The summed E-state index contributed by atoms with van der Waals surface area (Å²) in [5.41, 5.74) is -1.58. The number of esters is 1. The summed E-state index contributed by atoms with van der Waals surface area (Å²) in [6.07, 6.45) is 2.00. The maximum absolute atomic E-state index is 12.0. The molecule has 3 nitrogen and oxygen atoms in total. The van der Waals surface area contributed by atoms with Crippen molar-refractivity contribution in [3.63, 3.8) is 0 Å². The van der Waals surface area contributed by atoms with Gasteiger partial charge in [-0.25, -0.2) is 0 Å². The van der Waals surface area contributed by atoms with E-state index in [2.05, 4.69) is 0 Å². The number of benzene rings is 1. The second kappa shape index (κ2) is 5.97. The van der Waals surface area contributed by atoms with Crippen LogP contribution in [0.15, 0.2) is 29.2 Å². The fourth-order valence-corrected chi connectivity index (χ4v) is 2.19. The highest BCUT2D eigenvalue weighted by molar-refractivity contribution is 7.98. The Morgan fingerprint density at radius 3 is 2.21 bits per heavy atom. The van der Waals surface area contributed by atoms with Crippen LogP contribution in [-0.2, 0) is 15.1 Å². The zero-order chi connectivity index (χ0) is 14.7. The van der Waals surface area contributed by atoms with Gasteiger partial charge in [-0.15, -0.1) is 11.8 Å². The number of carbonyl (C=O) groups excluding carboxylic acids is 1. The highest BCUT2D eigenvalue weighted by Gasteiger charge is 2.47. The van der Waals surface area contributed by atoms with Crippen molar-refractivity contribution in [2.75, 3.05) is 12.9 Å². The molecule has 1 aromatic rings. The van der Waals surface area contributed by atoms with Crippen LogP contribution >= 0.6 is 11.8 Å². The van der Waals surface area contributed by atoms with E-state index in [1.807, 2.05) is 30.5 Å². The van der Waals surface area contributed by atoms with E-state index < -0.39 is 17.0 Å². The largest absolute Gasteiger partial charge is 0.465 e. The Morgan fingerprint density at radius 1 is 1.26 bits per heavy atom. The third-order valence-corrected chi connectivity index (χ3v) is 4.40. The average molecular weight is 282 g/mol. The molecule has 19 heavy (non-hydrogen) atoms. The molecule has 1 unspecified atom stereocenters. The van der Waals surface area contributed by atoms with E-state index in [1.54, 1.807) is 39.5 Å². The van der Waals surface area contributed by atoms with Crippen molar-refractivity contribution in [2.24, 2.45) is 5.41 Å². The minimum atomic E-state index is -1.28. The predicted molar refractivity (Wildman–Crippen MR) is 78.2 cm³/mol. The Labute approximate surface area is 119 Å². The number of hydrogen-bond acceptors (Lipinski definition) is 4. The number of ether oxygens (including phenoxy) is 1. The molecule has 0 aliphatic rings. The normalized spacial score (nSPS) is 14.8. The van der Waals surface area contributed by atoms with Crippen LogP contribution in [0.1, 0.15) is 33.3 Å². The lowest BCUT2D eigenvalue weighted by atomic mass is 9.72. The number of aliphatic hydroxyl groups is 1. The summed E-state index contributed by atoms with van der Waals surface area (Å²) in [5, 5.41) is 10.8. The minimum absolute atomic E-state index is 0.309. The van der Waals surface area contributed by atoms with E-state index in [0.717, 1.165) is 4.90 Å². The second-order valence-corrected chi connectivity index (χ2v) is 6.03. The molecule has 0 amide bonds. The zero-order valence-electron chi connectivity index (χ0n) is 12.2. The van der Waals surface area contributed by atoms with Crippen molar-refractivity contribution in [2.45, 2.75) is 38.2 Å². The van der Waals surface area contributed by atoms with Crippen molar-refractivity contribution < 1.29 is 14.6 Å². The van der Waals surface area contributed by atoms with E-state index in [0.29, 0.717) is 12.2 Å². The van der Waals surface area contributed by atoms with Crippen molar-refractivity contribution in [1.82, 2.24) is 0 Å². The lowest BCUT2D eigenvalue weighted by Gasteiger charge is -2.38. The maximum Gasteiger partial charge on any atom is 0.314 e. The van der Waals surface area contributed by atoms with Crippen molar-refractivity contribution in [3.8, 4) is 0 Å². The summed E-state index contributed by atoms with van der Waals surface area (Å²) >= 11 is 1.64. The molecule has 1 aromatic carbocycles. The van der Waals surface area contributed by atoms with Gasteiger partial charge in [0.15, 0.2) is 0 Å². The topological polar surface area (TPSA) is 46.5 Å². The Balaban J connectivity index is 3.09. The smallest absolute Gasteiger partial charge is 0.314 e. The van der Waals surface area contributed by atoms with Gasteiger partial charge in [-0.3, -0.25) is 4.79 Å². The summed E-state index contributed by atoms with van der Waals surface area (Å²) in [7, 11) is 0. The molecule has 0 aliphatic carbocycles. The molecule has 1 rings (SSSR count). The van der Waals surface area contributed by atoms with Gasteiger partial charge in [0.25, 0.3) is 0 Å². The molecule has 106 valence electrons. The summed E-state index contributed by atoms with van der Waals surface area (Å²) < 4.78 is 5.06. The average Bonchev–Trinajstić information content (AvgIpc) is 2.38. The molecule has 0 fully saturated rings. The lowest BCUT2D eigenvalue weighted by Crippen LogP contribution is -2.46. The van der Waals surface area contributed by atoms with Gasteiger partial charge in [0, 0.05) is 4.90 Å². The quantitative estimate of drug-likeness (QED) is 0.665. The molecule has 0 saturated heterocycles. The molecular formula is C15H22O3S. The van der Waals surface area contributed by atoms with E-state index in [4.69, 9.17) is 4.74 Å². The Hall–Kier alpha value is -1.00. The van der Waals surface area contributed by atoms with Crippen molar-refractivity contribution >= 4 is 17.7 Å². The molecule has 1 atom stereocenters. The molecule has 0 spiro atoms. The second-order valence-electron chi connectivity index (χ2n) is 5.15. The molecule has 0 aliphatic heterocycles. The number of thioether (sulfide) groups is 1. The Kier molecular flexibility index (Phi) is 5.04. The Bertz CT molecular complexity index is 435. The molecule has 1 N–H and O–H groups in total. The SMILES string of the molecule is CCOC(=O)C(C)(C)C(C)(O)c1ccc(SC)cc1. The predicted octanol–water partition coefficient (Wildman–Crippen LogP) is 3.21. The van der Waals surface area contributed by atoms with Crippen LogP contribution in [0.3, 0.4) is 0 Å². The van der Waals surface area contributed by atoms with Gasteiger partial charge < -0.3 is 9.84 Å². The van der Waals surface area contributed by atoms with Crippen molar-refractivity contribution in [3.05, 3.63) is 29.8 Å². The molecule has 4 heteroatoms. The molecule has 0 radical (unpaired) electrons. The van der Waals surface area contributed by atoms with Gasteiger partial charge in [0.2, 0.25) is 0 Å². The van der Waals surface area contributed by atoms with Crippen molar-refractivity contribution in [1.29, 1.82) is 0 Å². The van der Waals surface area contributed by atoms with Gasteiger partial charge in [0.1, 0.15) is 5.60 Å². The Morgan fingerprint density at radius 2 is 1.79 bits per heavy atom. The first-order valence-corrected chi connectivity index (χ1v) is 7.54. The maximum atomic E-state index is 12.0. The van der Waals surface area contributed by atoms with Crippen LogP contribution in [0.2, 0.25) is 0 Å².